The van der Waals surface area contributed by atoms with Gasteiger partial charge in [-0.1, -0.05) is 36.8 Å². The van der Waals surface area contributed by atoms with Crippen LogP contribution in [0.3, 0.4) is 0 Å². The molecule has 1 atom stereocenters. The van der Waals surface area contributed by atoms with Crippen molar-refractivity contribution in [1.29, 1.82) is 0 Å². The minimum absolute atomic E-state index is 0.198. The summed E-state index contributed by atoms with van der Waals surface area (Å²) >= 11 is 1.28. The maximum atomic E-state index is 13.9. The van der Waals surface area contributed by atoms with Crippen molar-refractivity contribution >= 4 is 23.4 Å². The Morgan fingerprint density at radius 3 is 2.49 bits per heavy atom. The smallest absolute Gasteiger partial charge is 0.338 e. The zero-order chi connectivity index (χ0) is 26.5. The highest BCUT2D eigenvalue weighted by Crippen LogP contribution is 2.38. The first-order valence-electron chi connectivity index (χ1n) is 12.0. The van der Waals surface area contributed by atoms with Gasteiger partial charge >= 0.3 is 5.97 Å². The van der Waals surface area contributed by atoms with Crippen LogP contribution in [-0.4, -0.2) is 38.5 Å². The maximum Gasteiger partial charge on any atom is 0.338 e. The second kappa shape index (κ2) is 11.5. The number of fused-ring (bicyclic) bond motifs is 1. The number of ether oxygens (including phenoxy) is 4. The van der Waals surface area contributed by atoms with Gasteiger partial charge in [-0.2, -0.15) is 0 Å². The van der Waals surface area contributed by atoms with Crippen molar-refractivity contribution in [2.75, 3.05) is 27.9 Å². The molecule has 0 N–H and O–H groups in total. The van der Waals surface area contributed by atoms with E-state index in [1.54, 1.807) is 57.1 Å². The van der Waals surface area contributed by atoms with Gasteiger partial charge in [0.1, 0.15) is 23.3 Å². The van der Waals surface area contributed by atoms with Gasteiger partial charge in [-0.05, 0) is 55.3 Å². The summed E-state index contributed by atoms with van der Waals surface area (Å²) in [4.78, 5) is 32.6. The average molecular weight is 523 g/mol. The van der Waals surface area contributed by atoms with Crippen molar-refractivity contribution in [3.05, 3.63) is 84.5 Å². The van der Waals surface area contributed by atoms with Crippen LogP contribution < -0.4 is 29.1 Å². The quantitative estimate of drug-likeness (QED) is 0.399. The van der Waals surface area contributed by atoms with E-state index >= 15 is 0 Å². The summed E-state index contributed by atoms with van der Waals surface area (Å²) in [7, 11) is 4.72. The zero-order valence-corrected chi connectivity index (χ0v) is 22.4. The molecule has 3 aromatic rings. The zero-order valence-electron chi connectivity index (χ0n) is 21.6. The summed E-state index contributed by atoms with van der Waals surface area (Å²) in [6.07, 6.45) is 3.12. The fourth-order valence-electron chi connectivity index (χ4n) is 4.35. The van der Waals surface area contributed by atoms with Crippen LogP contribution in [-0.2, 0) is 9.53 Å². The second-order valence-corrected chi connectivity index (χ2v) is 9.31. The van der Waals surface area contributed by atoms with Crippen molar-refractivity contribution in [1.82, 2.24) is 4.57 Å². The number of hydrogen-bond acceptors (Lipinski definition) is 8. The van der Waals surface area contributed by atoms with Crippen LogP contribution in [0.1, 0.15) is 43.9 Å². The number of allylic oxidation sites excluding steroid dienone is 1. The van der Waals surface area contributed by atoms with E-state index in [0.29, 0.717) is 49.8 Å². The van der Waals surface area contributed by atoms with E-state index in [4.69, 9.17) is 23.9 Å². The first kappa shape index (κ1) is 26.2. The highest BCUT2D eigenvalue weighted by molar-refractivity contribution is 7.07. The van der Waals surface area contributed by atoms with Gasteiger partial charge < -0.3 is 18.9 Å². The molecule has 0 saturated heterocycles. The molecule has 37 heavy (non-hydrogen) atoms. The van der Waals surface area contributed by atoms with Crippen molar-refractivity contribution in [2.45, 2.75) is 32.7 Å². The minimum atomic E-state index is -0.797. The Hall–Kier alpha value is -3.85. The third kappa shape index (κ3) is 5.17. The Morgan fingerprint density at radius 2 is 1.81 bits per heavy atom. The SMILES string of the molecule is CCCC1=C(C(=O)OCC)[C@@H](c2cc(OC)ccc2OC)n2c(s/c(=C/c3cccc(OC)c3)c2=O)=N1. The molecule has 0 unspecified atom stereocenters. The van der Waals surface area contributed by atoms with E-state index in [0.717, 1.165) is 12.0 Å². The lowest BCUT2D eigenvalue weighted by Crippen LogP contribution is -2.40. The highest BCUT2D eigenvalue weighted by Gasteiger charge is 2.36. The first-order chi connectivity index (χ1) is 17.9. The number of carbonyl (C=O) groups is 1. The Kier molecular flexibility index (Phi) is 8.13. The molecule has 0 radical (unpaired) electrons. The van der Waals surface area contributed by atoms with Gasteiger partial charge in [0.15, 0.2) is 4.80 Å². The topological polar surface area (TPSA) is 88.4 Å². The van der Waals surface area contributed by atoms with Gasteiger partial charge in [0, 0.05) is 5.56 Å². The molecule has 2 aromatic carbocycles. The number of thiazole rings is 1. The summed E-state index contributed by atoms with van der Waals surface area (Å²) in [5.74, 6) is 1.28. The van der Waals surface area contributed by atoms with E-state index in [-0.39, 0.29) is 12.2 Å². The minimum Gasteiger partial charge on any atom is -0.497 e. The molecule has 1 aromatic heterocycles. The third-order valence-corrected chi connectivity index (χ3v) is 7.00. The Bertz CT molecular complexity index is 1520. The molecular weight excluding hydrogens is 492 g/mol. The van der Waals surface area contributed by atoms with Crippen molar-refractivity contribution < 1.29 is 23.7 Å². The lowest BCUT2D eigenvalue weighted by Gasteiger charge is -2.27. The van der Waals surface area contributed by atoms with Gasteiger partial charge in [-0.3, -0.25) is 9.36 Å². The van der Waals surface area contributed by atoms with Gasteiger partial charge in [0.05, 0.1) is 43.7 Å². The fraction of sp³-hybridized carbons (Fsp3) is 0.321. The summed E-state index contributed by atoms with van der Waals surface area (Å²) in [6.45, 7) is 3.97. The van der Waals surface area contributed by atoms with Crippen LogP contribution >= 0.6 is 11.3 Å². The first-order valence-corrected chi connectivity index (χ1v) is 12.8. The van der Waals surface area contributed by atoms with Crippen LogP contribution in [0.15, 0.2) is 63.5 Å². The number of rotatable bonds is 9. The Labute approximate surface area is 219 Å². The molecule has 8 nitrogen and oxygen atoms in total. The second-order valence-electron chi connectivity index (χ2n) is 8.30. The number of hydrogen-bond donors (Lipinski definition) is 0. The average Bonchev–Trinajstić information content (AvgIpc) is 3.22. The normalized spacial score (nSPS) is 15.2. The van der Waals surface area contributed by atoms with Crippen molar-refractivity contribution in [2.24, 2.45) is 4.99 Å². The predicted molar refractivity (Wildman–Crippen MR) is 142 cm³/mol. The lowest BCUT2D eigenvalue weighted by atomic mass is 9.93. The molecule has 0 fully saturated rings. The van der Waals surface area contributed by atoms with Crippen LogP contribution in [0, 0.1) is 0 Å². The molecule has 194 valence electrons. The fourth-order valence-corrected chi connectivity index (χ4v) is 5.37. The number of aromatic nitrogens is 1. The van der Waals surface area contributed by atoms with E-state index < -0.39 is 12.0 Å². The standard InChI is InChI=1S/C28H30N2O6S/c1-6-9-21-24(27(32)36-7-2)25(20-16-19(34-4)12-13-22(20)35-5)30-26(31)23(37-28(30)29-21)15-17-10-8-11-18(14-17)33-3/h8,10-16,25H,6-7,9H2,1-5H3/b23-15+/t25-/m1/s1. The van der Waals surface area contributed by atoms with Crippen molar-refractivity contribution in [3.63, 3.8) is 0 Å². The van der Waals surface area contributed by atoms with Gasteiger partial charge in [0.25, 0.3) is 5.56 Å². The van der Waals surface area contributed by atoms with Crippen LogP contribution in [0.2, 0.25) is 0 Å². The highest BCUT2D eigenvalue weighted by atomic mass is 32.1. The van der Waals surface area contributed by atoms with E-state index in [1.165, 1.54) is 11.3 Å². The summed E-state index contributed by atoms with van der Waals surface area (Å²) in [5.41, 5.74) is 2.10. The van der Waals surface area contributed by atoms with Crippen LogP contribution in [0.25, 0.3) is 6.08 Å². The van der Waals surface area contributed by atoms with Crippen molar-refractivity contribution in [3.8, 4) is 17.2 Å². The van der Waals surface area contributed by atoms with E-state index in [9.17, 15) is 9.59 Å². The summed E-state index contributed by atoms with van der Waals surface area (Å²) in [6, 6.07) is 12.0. The molecule has 0 saturated carbocycles. The van der Waals surface area contributed by atoms with E-state index in [1.807, 2.05) is 31.2 Å². The van der Waals surface area contributed by atoms with Gasteiger partial charge in [0.2, 0.25) is 0 Å². The monoisotopic (exact) mass is 522 g/mol. The van der Waals surface area contributed by atoms with E-state index in [2.05, 4.69) is 0 Å². The van der Waals surface area contributed by atoms with Crippen LogP contribution in [0.4, 0.5) is 0 Å². The molecule has 2 heterocycles. The number of carbonyl (C=O) groups excluding carboxylic acids is 1. The lowest BCUT2D eigenvalue weighted by molar-refractivity contribution is -0.139. The third-order valence-electron chi connectivity index (χ3n) is 6.02. The molecule has 0 spiro atoms. The molecule has 0 bridgehead atoms. The van der Waals surface area contributed by atoms with Crippen LogP contribution in [0.5, 0.6) is 17.2 Å². The molecule has 1 aliphatic rings. The summed E-state index contributed by atoms with van der Waals surface area (Å²) < 4.78 is 24.0. The van der Waals surface area contributed by atoms with Gasteiger partial charge in [-0.25, -0.2) is 9.79 Å². The summed E-state index contributed by atoms with van der Waals surface area (Å²) in [5, 5.41) is 0. The molecule has 0 amide bonds. The number of benzene rings is 2. The number of methoxy groups -OCH3 is 3. The Balaban J connectivity index is 2.04. The largest absolute Gasteiger partial charge is 0.497 e. The number of nitrogens with zero attached hydrogens (tertiary/aromatic N) is 2. The molecular formula is C28H30N2O6S. The Morgan fingerprint density at radius 1 is 1.05 bits per heavy atom. The maximum absolute atomic E-state index is 13.9. The molecule has 0 aliphatic carbocycles. The molecule has 4 rings (SSSR count). The molecule has 1 aliphatic heterocycles. The molecule has 9 heteroatoms. The predicted octanol–water partition coefficient (Wildman–Crippen LogP) is 3.60. The van der Waals surface area contributed by atoms with Gasteiger partial charge in [-0.15, -0.1) is 0 Å². The number of esters is 1.